The van der Waals surface area contributed by atoms with Gasteiger partial charge in [0.05, 0.1) is 5.69 Å². The molecule has 1 fully saturated rings. The van der Waals surface area contributed by atoms with Gasteiger partial charge in [0.2, 0.25) is 0 Å². The second-order valence-corrected chi connectivity index (χ2v) is 6.77. The molecule has 0 atom stereocenters. The van der Waals surface area contributed by atoms with Crippen LogP contribution in [0.2, 0.25) is 0 Å². The van der Waals surface area contributed by atoms with E-state index < -0.39 is 0 Å². The average molecular weight is 363 g/mol. The Bertz CT molecular complexity index is 1000. The van der Waals surface area contributed by atoms with E-state index in [1.54, 1.807) is 11.1 Å². The van der Waals surface area contributed by atoms with Gasteiger partial charge in [-0.05, 0) is 38.0 Å². The van der Waals surface area contributed by atoms with Crippen molar-refractivity contribution in [3.63, 3.8) is 0 Å². The zero-order chi connectivity index (χ0) is 18.8. The van der Waals surface area contributed by atoms with Gasteiger partial charge in [0.25, 0.3) is 11.5 Å². The van der Waals surface area contributed by atoms with Gasteiger partial charge in [-0.1, -0.05) is 18.2 Å². The molecule has 0 unspecified atom stereocenters. The zero-order valence-corrected chi connectivity index (χ0v) is 15.1. The van der Waals surface area contributed by atoms with Crippen LogP contribution in [-0.2, 0) is 0 Å². The minimum atomic E-state index is -0.240. The van der Waals surface area contributed by atoms with Crippen molar-refractivity contribution in [1.29, 1.82) is 0 Å². The number of nitrogens with one attached hydrogen (secondary N) is 1. The number of carbonyl (C=O) groups excluding carboxylic acids is 1. The molecule has 7 nitrogen and oxygen atoms in total. The number of aromatic amines is 1. The third kappa shape index (κ3) is 3.53. The van der Waals surface area contributed by atoms with Crippen LogP contribution in [-0.4, -0.2) is 43.6 Å². The number of rotatable bonds is 3. The molecule has 138 valence electrons. The summed E-state index contributed by atoms with van der Waals surface area (Å²) in [5, 5.41) is 2.94. The topological polar surface area (TPSA) is 83.9 Å². The molecule has 1 aliphatic heterocycles. The van der Waals surface area contributed by atoms with Crippen LogP contribution >= 0.6 is 0 Å². The Morgan fingerprint density at radius 2 is 1.89 bits per heavy atom. The SMILES string of the molecule is Cc1nccc(C2CCN(C(=O)c3cc(=O)n(-c4ccccc4)[nH]3)CC2)n1. The average Bonchev–Trinajstić information content (AvgIpc) is 3.10. The van der Waals surface area contributed by atoms with E-state index in [9.17, 15) is 9.59 Å². The number of nitrogens with zero attached hydrogens (tertiary/aromatic N) is 4. The molecular weight excluding hydrogens is 342 g/mol. The van der Waals surface area contributed by atoms with Crippen LogP contribution in [0.1, 0.15) is 40.8 Å². The molecule has 1 aliphatic rings. The van der Waals surface area contributed by atoms with Gasteiger partial charge in [-0.15, -0.1) is 0 Å². The van der Waals surface area contributed by atoms with Crippen molar-refractivity contribution < 1.29 is 4.79 Å². The van der Waals surface area contributed by atoms with Crippen molar-refractivity contribution in [2.45, 2.75) is 25.7 Å². The number of likely N-dealkylation sites (tertiary alicyclic amines) is 1. The smallest absolute Gasteiger partial charge is 0.271 e. The maximum absolute atomic E-state index is 12.8. The van der Waals surface area contributed by atoms with Crippen LogP contribution in [0.15, 0.2) is 53.5 Å². The molecule has 2 aromatic heterocycles. The number of para-hydroxylation sites is 1. The fourth-order valence-corrected chi connectivity index (χ4v) is 3.52. The van der Waals surface area contributed by atoms with Crippen LogP contribution < -0.4 is 5.56 Å². The minimum absolute atomic E-state index is 0.140. The summed E-state index contributed by atoms with van der Waals surface area (Å²) in [5.74, 6) is 0.966. The standard InChI is InChI=1S/C20H21N5O2/c1-14-21-10-7-17(22-14)15-8-11-24(12-9-15)20(27)18-13-19(26)25(23-18)16-5-3-2-4-6-16/h2-7,10,13,15,23H,8-9,11-12H2,1H3. The molecule has 1 N–H and O–H groups in total. The first-order valence-corrected chi connectivity index (χ1v) is 9.08. The lowest BCUT2D eigenvalue weighted by Crippen LogP contribution is -2.38. The van der Waals surface area contributed by atoms with E-state index in [1.165, 1.54) is 10.7 Å². The minimum Gasteiger partial charge on any atom is -0.337 e. The second kappa shape index (κ2) is 7.19. The van der Waals surface area contributed by atoms with Crippen molar-refractivity contribution >= 4 is 5.91 Å². The summed E-state index contributed by atoms with van der Waals surface area (Å²) >= 11 is 0. The number of amides is 1. The third-order valence-corrected chi connectivity index (χ3v) is 4.96. The fourth-order valence-electron chi connectivity index (χ4n) is 3.52. The number of piperidine rings is 1. The summed E-state index contributed by atoms with van der Waals surface area (Å²) in [5.41, 5.74) is 1.83. The Hall–Kier alpha value is -3.22. The van der Waals surface area contributed by atoms with E-state index in [-0.39, 0.29) is 11.5 Å². The quantitative estimate of drug-likeness (QED) is 0.774. The summed E-state index contributed by atoms with van der Waals surface area (Å²) < 4.78 is 1.39. The highest BCUT2D eigenvalue weighted by Crippen LogP contribution is 2.27. The van der Waals surface area contributed by atoms with Crippen molar-refractivity contribution in [2.75, 3.05) is 13.1 Å². The number of aryl methyl sites for hydroxylation is 1. The molecule has 7 heteroatoms. The Morgan fingerprint density at radius 3 is 2.59 bits per heavy atom. The Labute approximate surface area is 156 Å². The van der Waals surface area contributed by atoms with Gasteiger partial charge in [0, 0.05) is 37.0 Å². The molecule has 0 bridgehead atoms. The van der Waals surface area contributed by atoms with Gasteiger partial charge in [-0.2, -0.15) is 0 Å². The van der Waals surface area contributed by atoms with E-state index in [0.29, 0.717) is 30.4 Å². The van der Waals surface area contributed by atoms with Gasteiger partial charge in [-0.3, -0.25) is 14.7 Å². The molecule has 3 aromatic rings. The lowest BCUT2D eigenvalue weighted by Gasteiger charge is -2.31. The van der Waals surface area contributed by atoms with E-state index in [1.807, 2.05) is 43.3 Å². The van der Waals surface area contributed by atoms with Gasteiger partial charge >= 0.3 is 0 Å². The molecule has 0 radical (unpaired) electrons. The lowest BCUT2D eigenvalue weighted by atomic mass is 9.93. The number of carbonyl (C=O) groups is 1. The van der Waals surface area contributed by atoms with Crippen molar-refractivity contribution in [1.82, 2.24) is 24.6 Å². The highest BCUT2D eigenvalue weighted by Gasteiger charge is 2.26. The molecule has 1 amide bonds. The van der Waals surface area contributed by atoms with Crippen molar-refractivity contribution in [2.24, 2.45) is 0 Å². The molecule has 3 heterocycles. The number of hydrogen-bond donors (Lipinski definition) is 1. The number of H-pyrrole nitrogens is 1. The molecule has 1 aromatic carbocycles. The first kappa shape index (κ1) is 17.2. The van der Waals surface area contributed by atoms with Gasteiger partial charge < -0.3 is 4.90 Å². The molecule has 0 saturated carbocycles. The predicted molar refractivity (Wildman–Crippen MR) is 101 cm³/mol. The summed E-state index contributed by atoms with van der Waals surface area (Å²) in [6, 6.07) is 12.5. The zero-order valence-electron chi connectivity index (χ0n) is 15.1. The van der Waals surface area contributed by atoms with E-state index >= 15 is 0 Å². The van der Waals surface area contributed by atoms with Crippen LogP contribution in [0.25, 0.3) is 5.69 Å². The van der Waals surface area contributed by atoms with Gasteiger partial charge in [0.15, 0.2) is 0 Å². The normalized spacial score (nSPS) is 15.1. The molecule has 4 rings (SSSR count). The molecular formula is C20H21N5O2. The molecule has 1 saturated heterocycles. The molecule has 0 aliphatic carbocycles. The van der Waals surface area contributed by atoms with Gasteiger partial charge in [-0.25, -0.2) is 14.6 Å². The molecule has 0 spiro atoms. The first-order chi connectivity index (χ1) is 13.1. The fraction of sp³-hybridized carbons (Fsp3) is 0.300. The van der Waals surface area contributed by atoms with E-state index in [4.69, 9.17) is 0 Å². The summed E-state index contributed by atoms with van der Waals surface area (Å²) in [4.78, 5) is 35.5. The lowest BCUT2D eigenvalue weighted by molar-refractivity contribution is 0.0705. The van der Waals surface area contributed by atoms with Crippen LogP contribution in [0.4, 0.5) is 0 Å². The summed E-state index contributed by atoms with van der Waals surface area (Å²) in [6.07, 6.45) is 3.49. The highest BCUT2D eigenvalue weighted by molar-refractivity contribution is 5.92. The monoisotopic (exact) mass is 363 g/mol. The maximum atomic E-state index is 12.8. The number of hydrogen-bond acceptors (Lipinski definition) is 4. The van der Waals surface area contributed by atoms with Crippen molar-refractivity contribution in [3.8, 4) is 5.69 Å². The Morgan fingerprint density at radius 1 is 1.15 bits per heavy atom. The maximum Gasteiger partial charge on any atom is 0.271 e. The second-order valence-electron chi connectivity index (χ2n) is 6.77. The van der Waals surface area contributed by atoms with E-state index in [0.717, 1.165) is 24.4 Å². The molecule has 27 heavy (non-hydrogen) atoms. The van der Waals surface area contributed by atoms with Crippen LogP contribution in [0, 0.1) is 6.92 Å². The van der Waals surface area contributed by atoms with Crippen LogP contribution in [0.5, 0.6) is 0 Å². The van der Waals surface area contributed by atoms with Crippen molar-refractivity contribution in [3.05, 3.63) is 76.2 Å². The Balaban J connectivity index is 1.46. The predicted octanol–water partition coefficient (Wildman–Crippen LogP) is 2.28. The van der Waals surface area contributed by atoms with E-state index in [2.05, 4.69) is 15.1 Å². The summed E-state index contributed by atoms with van der Waals surface area (Å²) in [6.45, 7) is 3.17. The first-order valence-electron chi connectivity index (χ1n) is 9.08. The summed E-state index contributed by atoms with van der Waals surface area (Å²) in [7, 11) is 0. The van der Waals surface area contributed by atoms with Crippen LogP contribution in [0.3, 0.4) is 0 Å². The highest BCUT2D eigenvalue weighted by atomic mass is 16.2. The Kier molecular flexibility index (Phi) is 4.58. The largest absolute Gasteiger partial charge is 0.337 e. The number of benzene rings is 1. The van der Waals surface area contributed by atoms with Gasteiger partial charge in [0.1, 0.15) is 11.5 Å². The third-order valence-electron chi connectivity index (χ3n) is 4.96. The number of aromatic nitrogens is 4.